The van der Waals surface area contributed by atoms with Crippen LogP contribution in [0.15, 0.2) is 17.5 Å². The minimum atomic E-state index is 0.245. The van der Waals surface area contributed by atoms with E-state index in [1.165, 1.54) is 4.88 Å². The van der Waals surface area contributed by atoms with E-state index >= 15 is 0 Å². The van der Waals surface area contributed by atoms with Crippen molar-refractivity contribution in [2.75, 3.05) is 19.6 Å². The normalized spacial score (nSPS) is 17.4. The second kappa shape index (κ2) is 6.34. The van der Waals surface area contributed by atoms with E-state index in [0.717, 1.165) is 25.9 Å². The van der Waals surface area contributed by atoms with Crippen molar-refractivity contribution in [3.63, 3.8) is 0 Å². The molecule has 3 nitrogen and oxygen atoms in total. The van der Waals surface area contributed by atoms with E-state index in [-0.39, 0.29) is 11.9 Å². The lowest BCUT2D eigenvalue weighted by molar-refractivity contribution is -0.129. The fourth-order valence-corrected chi connectivity index (χ4v) is 3.38. The maximum Gasteiger partial charge on any atom is 0.236 e. The van der Waals surface area contributed by atoms with Crippen LogP contribution in [0.4, 0.5) is 0 Å². The molecule has 1 aromatic rings. The van der Waals surface area contributed by atoms with Gasteiger partial charge in [0.05, 0.1) is 6.54 Å². The zero-order chi connectivity index (χ0) is 13.0. The van der Waals surface area contributed by atoms with Crippen molar-refractivity contribution in [2.45, 2.75) is 32.7 Å². The summed E-state index contributed by atoms with van der Waals surface area (Å²) in [6, 6.07) is 4.50. The molecule has 1 fully saturated rings. The summed E-state index contributed by atoms with van der Waals surface area (Å²) in [6.07, 6.45) is 2.31. The number of nitrogens with zero attached hydrogens (tertiary/aromatic N) is 1. The van der Waals surface area contributed by atoms with Gasteiger partial charge in [0, 0.05) is 24.0 Å². The second-order valence-electron chi connectivity index (χ2n) is 5.21. The summed E-state index contributed by atoms with van der Waals surface area (Å²) >= 11 is 1.76. The minimum absolute atomic E-state index is 0.245. The Bertz CT molecular complexity index is 369. The number of rotatable bonds is 5. The number of thiophene rings is 1. The van der Waals surface area contributed by atoms with Gasteiger partial charge in [0.2, 0.25) is 5.91 Å². The highest BCUT2D eigenvalue weighted by Gasteiger charge is 2.21. The molecule has 1 amide bonds. The Hall–Kier alpha value is -0.870. The van der Waals surface area contributed by atoms with Crippen LogP contribution in [-0.2, 0) is 4.79 Å². The van der Waals surface area contributed by atoms with Gasteiger partial charge in [0.15, 0.2) is 0 Å². The van der Waals surface area contributed by atoms with Gasteiger partial charge in [-0.05, 0) is 30.2 Å². The molecule has 0 radical (unpaired) electrons. The third-order valence-corrected chi connectivity index (χ3v) is 4.40. The number of carbonyl (C=O) groups is 1. The van der Waals surface area contributed by atoms with Crippen LogP contribution < -0.4 is 5.32 Å². The number of amides is 1. The molecule has 1 aliphatic rings. The van der Waals surface area contributed by atoms with Gasteiger partial charge in [-0.3, -0.25) is 4.79 Å². The Morgan fingerprint density at radius 3 is 2.72 bits per heavy atom. The van der Waals surface area contributed by atoms with E-state index in [9.17, 15) is 4.79 Å². The molecule has 4 heteroatoms. The maximum absolute atomic E-state index is 12.0. The number of likely N-dealkylation sites (tertiary alicyclic amines) is 1. The summed E-state index contributed by atoms with van der Waals surface area (Å²) in [6.45, 7) is 6.72. The molecule has 1 saturated heterocycles. The first-order valence-corrected chi connectivity index (χ1v) is 7.61. The van der Waals surface area contributed by atoms with E-state index in [1.807, 2.05) is 4.90 Å². The van der Waals surface area contributed by atoms with Crippen molar-refractivity contribution >= 4 is 17.2 Å². The molecule has 0 bridgehead atoms. The zero-order valence-corrected chi connectivity index (χ0v) is 12.0. The standard InChI is InChI=1S/C14H22N2OS/c1-11(2)14(12-6-5-9-18-12)15-10-13(17)16-7-3-4-8-16/h5-6,9,11,14-15H,3-4,7-8,10H2,1-2H3. The SMILES string of the molecule is CC(C)C(NCC(=O)N1CCCC1)c1cccs1. The van der Waals surface area contributed by atoms with E-state index in [4.69, 9.17) is 0 Å². The van der Waals surface area contributed by atoms with E-state index in [1.54, 1.807) is 11.3 Å². The van der Waals surface area contributed by atoms with Crippen molar-refractivity contribution in [3.8, 4) is 0 Å². The lowest BCUT2D eigenvalue weighted by Gasteiger charge is -2.23. The second-order valence-corrected chi connectivity index (χ2v) is 6.19. The van der Waals surface area contributed by atoms with E-state index in [2.05, 4.69) is 36.7 Å². The summed E-state index contributed by atoms with van der Waals surface area (Å²) in [5.41, 5.74) is 0. The van der Waals surface area contributed by atoms with Gasteiger partial charge in [-0.15, -0.1) is 11.3 Å². The first-order valence-electron chi connectivity index (χ1n) is 6.73. The number of carbonyl (C=O) groups excluding carboxylic acids is 1. The highest BCUT2D eigenvalue weighted by atomic mass is 32.1. The van der Waals surface area contributed by atoms with Crippen molar-refractivity contribution < 1.29 is 4.79 Å². The smallest absolute Gasteiger partial charge is 0.236 e. The Kier molecular flexibility index (Phi) is 4.78. The first-order chi connectivity index (χ1) is 8.68. The Balaban J connectivity index is 1.88. The molecule has 0 aliphatic carbocycles. The largest absolute Gasteiger partial charge is 0.342 e. The van der Waals surface area contributed by atoms with Crippen molar-refractivity contribution in [2.24, 2.45) is 5.92 Å². The van der Waals surface area contributed by atoms with Crippen molar-refractivity contribution in [1.29, 1.82) is 0 Å². The molecule has 2 heterocycles. The molecule has 1 N–H and O–H groups in total. The highest BCUT2D eigenvalue weighted by molar-refractivity contribution is 7.10. The van der Waals surface area contributed by atoms with Crippen LogP contribution >= 0.6 is 11.3 Å². The number of nitrogens with one attached hydrogen (secondary N) is 1. The van der Waals surface area contributed by atoms with Gasteiger partial charge in [0.25, 0.3) is 0 Å². The van der Waals surface area contributed by atoms with Crippen LogP contribution in [0, 0.1) is 5.92 Å². The molecule has 1 aliphatic heterocycles. The first kappa shape index (κ1) is 13.6. The van der Waals surface area contributed by atoms with Crippen LogP contribution in [0.25, 0.3) is 0 Å². The fraction of sp³-hybridized carbons (Fsp3) is 0.643. The third kappa shape index (κ3) is 3.33. The van der Waals surface area contributed by atoms with Gasteiger partial charge < -0.3 is 10.2 Å². The molecule has 1 aromatic heterocycles. The molecule has 1 unspecified atom stereocenters. The molecule has 1 atom stereocenters. The molecule has 18 heavy (non-hydrogen) atoms. The minimum Gasteiger partial charge on any atom is -0.342 e. The van der Waals surface area contributed by atoms with Crippen molar-refractivity contribution in [3.05, 3.63) is 22.4 Å². The summed E-state index contributed by atoms with van der Waals surface area (Å²) in [5, 5.41) is 5.51. The van der Waals surface area contributed by atoms with E-state index in [0.29, 0.717) is 12.5 Å². The summed E-state index contributed by atoms with van der Waals surface area (Å²) < 4.78 is 0. The predicted octanol–water partition coefficient (Wildman–Crippen LogP) is 2.66. The van der Waals surface area contributed by atoms with Gasteiger partial charge in [-0.2, -0.15) is 0 Å². The van der Waals surface area contributed by atoms with Crippen LogP contribution in [0.2, 0.25) is 0 Å². The summed E-state index contributed by atoms with van der Waals surface area (Å²) in [5.74, 6) is 0.740. The molecule has 2 rings (SSSR count). The average molecular weight is 266 g/mol. The maximum atomic E-state index is 12.0. The predicted molar refractivity (Wildman–Crippen MR) is 75.7 cm³/mol. The zero-order valence-electron chi connectivity index (χ0n) is 11.2. The quantitative estimate of drug-likeness (QED) is 0.888. The molecular weight excluding hydrogens is 244 g/mol. The Morgan fingerprint density at radius 1 is 1.44 bits per heavy atom. The van der Waals surface area contributed by atoms with Crippen LogP contribution in [0.3, 0.4) is 0 Å². The molecule has 0 aromatic carbocycles. The third-order valence-electron chi connectivity index (χ3n) is 3.45. The van der Waals surface area contributed by atoms with Crippen molar-refractivity contribution in [1.82, 2.24) is 10.2 Å². The Labute approximate surface area is 113 Å². The number of hydrogen-bond donors (Lipinski definition) is 1. The van der Waals surface area contributed by atoms with Gasteiger partial charge in [-0.25, -0.2) is 0 Å². The Morgan fingerprint density at radius 2 is 2.17 bits per heavy atom. The molecule has 0 spiro atoms. The summed E-state index contributed by atoms with van der Waals surface area (Å²) in [4.78, 5) is 15.3. The van der Waals surface area contributed by atoms with Crippen LogP contribution in [0.1, 0.15) is 37.6 Å². The topological polar surface area (TPSA) is 32.3 Å². The van der Waals surface area contributed by atoms with Gasteiger partial charge in [0.1, 0.15) is 0 Å². The lowest BCUT2D eigenvalue weighted by atomic mass is 10.0. The highest BCUT2D eigenvalue weighted by Crippen LogP contribution is 2.25. The summed E-state index contributed by atoms with van der Waals surface area (Å²) in [7, 11) is 0. The average Bonchev–Trinajstić information content (AvgIpc) is 3.01. The molecule has 100 valence electrons. The van der Waals surface area contributed by atoms with Crippen LogP contribution in [-0.4, -0.2) is 30.4 Å². The van der Waals surface area contributed by atoms with Gasteiger partial charge >= 0.3 is 0 Å². The molecular formula is C14H22N2OS. The monoisotopic (exact) mass is 266 g/mol. The fourth-order valence-electron chi connectivity index (χ4n) is 2.41. The lowest BCUT2D eigenvalue weighted by Crippen LogP contribution is -2.38. The van der Waals surface area contributed by atoms with Crippen LogP contribution in [0.5, 0.6) is 0 Å². The number of hydrogen-bond acceptors (Lipinski definition) is 3. The molecule has 0 saturated carbocycles. The van der Waals surface area contributed by atoms with Gasteiger partial charge in [-0.1, -0.05) is 19.9 Å². The van der Waals surface area contributed by atoms with E-state index < -0.39 is 0 Å².